The fraction of sp³-hybridized carbons (Fsp3) is 0.0667. The molecule has 2 aromatic carbocycles. The van der Waals surface area contributed by atoms with E-state index in [1.807, 2.05) is 0 Å². The van der Waals surface area contributed by atoms with Gasteiger partial charge in [0.05, 0.1) is 0 Å². The van der Waals surface area contributed by atoms with Crippen LogP contribution in [0.3, 0.4) is 0 Å². The number of nitrogens with one attached hydrogen (secondary N) is 1. The summed E-state index contributed by atoms with van der Waals surface area (Å²) in [5, 5.41) is 7.30. The summed E-state index contributed by atoms with van der Waals surface area (Å²) in [4.78, 5) is 10.5. The number of primary amides is 1. The predicted octanol–water partition coefficient (Wildman–Crippen LogP) is 3.46. The van der Waals surface area contributed by atoms with Gasteiger partial charge in [-0.1, -0.05) is 29.8 Å². The number of halogens is 2. The second kappa shape index (κ2) is 8.07. The van der Waals surface area contributed by atoms with Gasteiger partial charge in [0.25, 0.3) is 0 Å². The molecule has 3 nitrogen and oxygen atoms in total. The largest absolute Gasteiger partial charge is 0.366 e. The number of hydrogen-bond donors (Lipinski definition) is 2. The van der Waals surface area contributed by atoms with Gasteiger partial charge < -0.3 is 11.1 Å². The van der Waals surface area contributed by atoms with Crippen LogP contribution < -0.4 is 5.73 Å². The van der Waals surface area contributed by atoms with Gasteiger partial charge >= 0.3 is 0 Å². The third-order valence-electron chi connectivity index (χ3n) is 2.36. The molecule has 0 atom stereocenters. The summed E-state index contributed by atoms with van der Waals surface area (Å²) in [6.07, 6.45) is 1.88. The molecule has 0 aliphatic rings. The first kappa shape index (κ1) is 15.9. The quantitative estimate of drug-likeness (QED) is 0.836. The smallest absolute Gasteiger partial charge is 0.248 e. The van der Waals surface area contributed by atoms with Gasteiger partial charge in [-0.2, -0.15) is 0 Å². The normalized spacial score (nSPS) is 9.30. The SMILES string of the molecule is N=CCc1ccc(F)cc1.NC(=O)c1cccc(Cl)c1. The molecule has 0 saturated heterocycles. The Bertz CT molecular complexity index is 585. The lowest BCUT2D eigenvalue weighted by atomic mass is 10.2. The fourth-order valence-corrected chi connectivity index (χ4v) is 1.57. The Labute approximate surface area is 121 Å². The van der Waals surface area contributed by atoms with Gasteiger partial charge in [-0.05, 0) is 42.1 Å². The highest BCUT2D eigenvalue weighted by atomic mass is 35.5. The molecule has 1 amide bonds. The first-order chi connectivity index (χ1) is 9.52. The van der Waals surface area contributed by atoms with Crippen LogP contribution in [0.4, 0.5) is 4.39 Å². The maximum absolute atomic E-state index is 12.3. The second-order valence-electron chi connectivity index (χ2n) is 3.91. The average molecular weight is 293 g/mol. The highest BCUT2D eigenvalue weighted by Crippen LogP contribution is 2.09. The number of rotatable bonds is 3. The number of amides is 1. The molecule has 0 fully saturated rings. The zero-order chi connectivity index (χ0) is 15.0. The first-order valence-corrected chi connectivity index (χ1v) is 6.19. The van der Waals surface area contributed by atoms with Crippen LogP contribution in [-0.2, 0) is 6.42 Å². The molecule has 0 heterocycles. The zero-order valence-corrected chi connectivity index (χ0v) is 11.4. The molecule has 3 N–H and O–H groups in total. The van der Waals surface area contributed by atoms with Crippen LogP contribution in [-0.4, -0.2) is 12.1 Å². The fourth-order valence-electron chi connectivity index (χ4n) is 1.38. The van der Waals surface area contributed by atoms with Gasteiger partial charge in [-0.3, -0.25) is 4.79 Å². The van der Waals surface area contributed by atoms with Gasteiger partial charge in [0.2, 0.25) is 5.91 Å². The molecule has 104 valence electrons. The van der Waals surface area contributed by atoms with E-state index >= 15 is 0 Å². The van der Waals surface area contributed by atoms with Crippen LogP contribution in [0, 0.1) is 11.2 Å². The summed E-state index contributed by atoms with van der Waals surface area (Å²) in [6.45, 7) is 0. The van der Waals surface area contributed by atoms with E-state index < -0.39 is 5.91 Å². The van der Waals surface area contributed by atoms with Crippen molar-refractivity contribution in [1.29, 1.82) is 5.41 Å². The van der Waals surface area contributed by atoms with E-state index in [0.29, 0.717) is 17.0 Å². The second-order valence-corrected chi connectivity index (χ2v) is 4.35. The Morgan fingerprint density at radius 2 is 1.90 bits per heavy atom. The molecule has 0 radical (unpaired) electrons. The Kier molecular flexibility index (Phi) is 6.40. The average Bonchev–Trinajstić information content (AvgIpc) is 2.42. The highest BCUT2D eigenvalue weighted by molar-refractivity contribution is 6.30. The summed E-state index contributed by atoms with van der Waals surface area (Å²) < 4.78 is 12.3. The molecule has 0 saturated carbocycles. The van der Waals surface area contributed by atoms with Crippen molar-refractivity contribution in [3.05, 3.63) is 70.5 Å². The monoisotopic (exact) mass is 292 g/mol. The summed E-state index contributed by atoms with van der Waals surface area (Å²) in [5.41, 5.74) is 6.39. The minimum atomic E-state index is -0.456. The Morgan fingerprint density at radius 1 is 1.25 bits per heavy atom. The highest BCUT2D eigenvalue weighted by Gasteiger charge is 1.97. The summed E-state index contributed by atoms with van der Waals surface area (Å²) >= 11 is 5.58. The Hall–Kier alpha value is -2.20. The lowest BCUT2D eigenvalue weighted by molar-refractivity contribution is 0.100. The lowest BCUT2D eigenvalue weighted by Gasteiger charge is -1.93. The number of benzene rings is 2. The molecule has 0 aliphatic heterocycles. The Morgan fingerprint density at radius 3 is 2.35 bits per heavy atom. The zero-order valence-electron chi connectivity index (χ0n) is 10.6. The predicted molar refractivity (Wildman–Crippen MR) is 78.9 cm³/mol. The van der Waals surface area contributed by atoms with Crippen molar-refractivity contribution >= 4 is 23.7 Å². The molecule has 5 heteroatoms. The van der Waals surface area contributed by atoms with E-state index in [4.69, 9.17) is 22.7 Å². The van der Waals surface area contributed by atoms with Crippen LogP contribution in [0.1, 0.15) is 15.9 Å². The summed E-state index contributed by atoms with van der Waals surface area (Å²) in [6, 6.07) is 12.7. The molecule has 2 aromatic rings. The molecule has 2 rings (SSSR count). The number of carbonyl (C=O) groups excluding carboxylic acids is 1. The van der Waals surface area contributed by atoms with Crippen LogP contribution in [0.2, 0.25) is 5.02 Å². The van der Waals surface area contributed by atoms with Crippen molar-refractivity contribution in [3.63, 3.8) is 0 Å². The topological polar surface area (TPSA) is 66.9 Å². The molecule has 0 bridgehead atoms. The van der Waals surface area contributed by atoms with Gasteiger partial charge in [-0.25, -0.2) is 4.39 Å². The van der Waals surface area contributed by atoms with Crippen molar-refractivity contribution < 1.29 is 9.18 Å². The van der Waals surface area contributed by atoms with E-state index in [0.717, 1.165) is 5.56 Å². The number of hydrogen-bond acceptors (Lipinski definition) is 2. The maximum Gasteiger partial charge on any atom is 0.248 e. The summed E-state index contributed by atoms with van der Waals surface area (Å²) in [5.74, 6) is -0.684. The van der Waals surface area contributed by atoms with Gasteiger partial charge in [0, 0.05) is 17.0 Å². The van der Waals surface area contributed by atoms with Crippen LogP contribution in [0.5, 0.6) is 0 Å². The van der Waals surface area contributed by atoms with Gasteiger partial charge in [0.15, 0.2) is 0 Å². The Balaban J connectivity index is 0.000000200. The van der Waals surface area contributed by atoms with Crippen molar-refractivity contribution in [3.8, 4) is 0 Å². The molecular weight excluding hydrogens is 279 g/mol. The van der Waals surface area contributed by atoms with E-state index in [9.17, 15) is 9.18 Å². The molecule has 0 unspecified atom stereocenters. The van der Waals surface area contributed by atoms with Crippen molar-refractivity contribution in [2.24, 2.45) is 5.73 Å². The van der Waals surface area contributed by atoms with Crippen LogP contribution >= 0.6 is 11.6 Å². The van der Waals surface area contributed by atoms with Crippen molar-refractivity contribution in [2.75, 3.05) is 0 Å². The third-order valence-corrected chi connectivity index (χ3v) is 2.60. The van der Waals surface area contributed by atoms with Crippen molar-refractivity contribution in [2.45, 2.75) is 6.42 Å². The first-order valence-electron chi connectivity index (χ1n) is 5.81. The lowest BCUT2D eigenvalue weighted by Crippen LogP contribution is -2.10. The molecular formula is C15H14ClFN2O. The van der Waals surface area contributed by atoms with E-state index in [1.54, 1.807) is 30.3 Å². The number of carbonyl (C=O) groups is 1. The maximum atomic E-state index is 12.3. The van der Waals surface area contributed by atoms with E-state index in [2.05, 4.69) is 0 Å². The van der Waals surface area contributed by atoms with Crippen molar-refractivity contribution in [1.82, 2.24) is 0 Å². The van der Waals surface area contributed by atoms with Crippen LogP contribution in [0.15, 0.2) is 48.5 Å². The van der Waals surface area contributed by atoms with Gasteiger partial charge in [0.1, 0.15) is 5.82 Å². The minimum absolute atomic E-state index is 0.228. The summed E-state index contributed by atoms with van der Waals surface area (Å²) in [7, 11) is 0. The molecule has 0 aliphatic carbocycles. The van der Waals surface area contributed by atoms with Gasteiger partial charge in [-0.15, -0.1) is 0 Å². The standard InChI is InChI=1S/C8H8FN.C7H6ClNO/c9-8-3-1-7(2-4-8)5-6-10;8-6-3-1-2-5(4-6)7(9)10/h1-4,6,10H,5H2;1-4H,(H2,9,10). The van der Waals surface area contributed by atoms with E-state index in [-0.39, 0.29) is 5.82 Å². The molecule has 20 heavy (non-hydrogen) atoms. The molecule has 0 aromatic heterocycles. The van der Waals surface area contributed by atoms with E-state index in [1.165, 1.54) is 24.4 Å². The molecule has 0 spiro atoms. The third kappa shape index (κ3) is 5.63. The number of nitrogens with two attached hydrogens (primary N) is 1. The minimum Gasteiger partial charge on any atom is -0.366 e. The van der Waals surface area contributed by atoms with Crippen LogP contribution in [0.25, 0.3) is 0 Å².